The summed E-state index contributed by atoms with van der Waals surface area (Å²) in [4.78, 5) is 44.4. The van der Waals surface area contributed by atoms with Gasteiger partial charge in [-0.2, -0.15) is 0 Å². The van der Waals surface area contributed by atoms with Gasteiger partial charge in [0, 0.05) is 28.4 Å². The summed E-state index contributed by atoms with van der Waals surface area (Å²) in [6.07, 6.45) is 1.62. The van der Waals surface area contributed by atoms with Crippen LogP contribution >= 0.6 is 0 Å². The zero-order valence-corrected chi connectivity index (χ0v) is 18.8. The van der Waals surface area contributed by atoms with Crippen LogP contribution in [-0.4, -0.2) is 24.1 Å². The van der Waals surface area contributed by atoms with Gasteiger partial charge in [0.1, 0.15) is 6.04 Å². The van der Waals surface area contributed by atoms with Gasteiger partial charge in [0.15, 0.2) is 0 Å². The van der Waals surface area contributed by atoms with Crippen LogP contribution in [0.5, 0.6) is 0 Å². The van der Waals surface area contributed by atoms with Crippen LogP contribution in [0.25, 0.3) is 10.4 Å². The largest absolute Gasteiger partial charge is 0.354 e. The molecule has 0 aliphatic rings. The molecule has 8 nitrogen and oxygen atoms in total. The number of carbonyl (C=O) groups excluding carboxylic acids is 3. The summed E-state index contributed by atoms with van der Waals surface area (Å²) in [6.45, 7) is 2.40. The molecule has 8 heteroatoms. The first-order valence-corrected chi connectivity index (χ1v) is 11.0. The van der Waals surface area contributed by atoms with Gasteiger partial charge in [-0.05, 0) is 29.6 Å². The molecule has 0 spiro atoms. The number of rotatable bonds is 10. The summed E-state index contributed by atoms with van der Waals surface area (Å²) < 4.78 is 0. The highest BCUT2D eigenvalue weighted by atomic mass is 16.2. The van der Waals surface area contributed by atoms with Crippen molar-refractivity contribution in [2.75, 3.05) is 11.4 Å². The molecule has 3 rings (SSSR count). The lowest BCUT2D eigenvalue weighted by Crippen LogP contribution is -2.46. The molecule has 2 amide bonds. The van der Waals surface area contributed by atoms with Gasteiger partial charge >= 0.3 is 0 Å². The van der Waals surface area contributed by atoms with Gasteiger partial charge < -0.3 is 5.32 Å². The highest BCUT2D eigenvalue weighted by Gasteiger charge is 2.37. The Hall–Kier alpha value is -4.42. The molecule has 0 aromatic heterocycles. The van der Waals surface area contributed by atoms with E-state index in [0.717, 1.165) is 12.8 Å². The van der Waals surface area contributed by atoms with E-state index < -0.39 is 23.6 Å². The topological polar surface area (TPSA) is 115 Å². The third-order valence-electron chi connectivity index (χ3n) is 5.20. The maximum absolute atomic E-state index is 13.7. The van der Waals surface area contributed by atoms with Crippen molar-refractivity contribution >= 4 is 29.0 Å². The summed E-state index contributed by atoms with van der Waals surface area (Å²) in [5.41, 5.74) is 10.1. The molecule has 0 aliphatic carbocycles. The van der Waals surface area contributed by atoms with Gasteiger partial charge in [-0.1, -0.05) is 91.3 Å². The third kappa shape index (κ3) is 5.68. The first-order chi connectivity index (χ1) is 16.6. The minimum absolute atomic E-state index is 0.196. The van der Waals surface area contributed by atoms with Gasteiger partial charge in [-0.3, -0.25) is 19.3 Å². The van der Waals surface area contributed by atoms with E-state index in [0.29, 0.717) is 17.8 Å². The van der Waals surface area contributed by atoms with Crippen molar-refractivity contribution in [1.29, 1.82) is 0 Å². The van der Waals surface area contributed by atoms with E-state index in [9.17, 15) is 14.4 Å². The monoisotopic (exact) mass is 455 g/mol. The second kappa shape index (κ2) is 12.0. The predicted octanol–water partition coefficient (Wildman–Crippen LogP) is 5.50. The van der Waals surface area contributed by atoms with Gasteiger partial charge in [0.05, 0.1) is 0 Å². The summed E-state index contributed by atoms with van der Waals surface area (Å²) >= 11 is 0. The molecular weight excluding hydrogens is 430 g/mol. The van der Waals surface area contributed by atoms with Crippen LogP contribution in [0, 0.1) is 0 Å². The molecule has 172 valence electrons. The summed E-state index contributed by atoms with van der Waals surface area (Å²) in [5.74, 6) is -2.10. The van der Waals surface area contributed by atoms with Crippen molar-refractivity contribution in [3.8, 4) is 0 Å². The van der Waals surface area contributed by atoms with Gasteiger partial charge in [-0.15, -0.1) is 0 Å². The average Bonchev–Trinajstić information content (AvgIpc) is 2.88. The van der Waals surface area contributed by atoms with Gasteiger partial charge in [-0.25, -0.2) is 0 Å². The first kappa shape index (κ1) is 24.2. The van der Waals surface area contributed by atoms with Crippen LogP contribution in [0.3, 0.4) is 0 Å². The molecule has 1 N–H and O–H groups in total. The number of ketones is 1. The maximum Gasteiger partial charge on any atom is 0.300 e. The lowest BCUT2D eigenvalue weighted by molar-refractivity contribution is -0.125. The van der Waals surface area contributed by atoms with Crippen molar-refractivity contribution in [2.24, 2.45) is 5.11 Å². The second-order valence-corrected chi connectivity index (χ2v) is 7.50. The van der Waals surface area contributed by atoms with Crippen LogP contribution in [0.4, 0.5) is 11.4 Å². The van der Waals surface area contributed by atoms with Crippen molar-refractivity contribution in [2.45, 2.75) is 25.8 Å². The number of anilines is 1. The molecule has 0 saturated carbocycles. The summed E-state index contributed by atoms with van der Waals surface area (Å²) in [6, 6.07) is 22.0. The number of azide groups is 1. The Morgan fingerprint density at radius 2 is 1.56 bits per heavy atom. The molecule has 0 bridgehead atoms. The van der Waals surface area contributed by atoms with Crippen molar-refractivity contribution < 1.29 is 14.4 Å². The van der Waals surface area contributed by atoms with Gasteiger partial charge in [0.2, 0.25) is 5.91 Å². The standard InChI is InChI=1S/C26H25N5O3/c1-2-3-18-28-25(33)23(21-16-10-11-17-22(21)29-30-27)31(20-14-8-5-9-15-20)26(34)24(32)19-12-6-4-7-13-19/h4-17,23H,2-3,18H2,1H3,(H,28,33). The van der Waals surface area contributed by atoms with Crippen LogP contribution < -0.4 is 10.2 Å². The second-order valence-electron chi connectivity index (χ2n) is 7.50. The number of hydrogen-bond donors (Lipinski definition) is 1. The molecule has 3 aromatic rings. The smallest absolute Gasteiger partial charge is 0.300 e. The molecule has 1 atom stereocenters. The number of nitrogens with one attached hydrogen (secondary N) is 1. The van der Waals surface area contributed by atoms with E-state index in [1.165, 1.54) is 4.90 Å². The van der Waals surface area contributed by atoms with Crippen molar-refractivity contribution in [1.82, 2.24) is 5.32 Å². The Labute approximate surface area is 197 Å². The molecule has 0 fully saturated rings. The molecule has 0 aliphatic heterocycles. The summed E-state index contributed by atoms with van der Waals surface area (Å²) in [7, 11) is 0. The lowest BCUT2D eigenvalue weighted by atomic mass is 9.99. The fraction of sp³-hybridized carbons (Fsp3) is 0.192. The zero-order valence-electron chi connectivity index (χ0n) is 18.8. The normalized spacial score (nSPS) is 11.1. The van der Waals surface area contributed by atoms with E-state index in [-0.39, 0.29) is 11.3 Å². The fourth-order valence-electron chi connectivity index (χ4n) is 3.54. The lowest BCUT2D eigenvalue weighted by Gasteiger charge is -2.31. The predicted molar refractivity (Wildman–Crippen MR) is 131 cm³/mol. The van der Waals surface area contributed by atoms with Gasteiger partial charge in [0.25, 0.3) is 11.7 Å². The van der Waals surface area contributed by atoms with Crippen LogP contribution in [-0.2, 0) is 9.59 Å². The van der Waals surface area contributed by atoms with E-state index in [1.54, 1.807) is 84.9 Å². The molecule has 0 heterocycles. The van der Waals surface area contributed by atoms with Crippen molar-refractivity contribution in [3.63, 3.8) is 0 Å². The SMILES string of the molecule is CCCCNC(=O)C(c1ccccc1N=[N+]=[N-])N(C(=O)C(=O)c1ccccc1)c1ccccc1. The Balaban J connectivity index is 2.17. The number of hydrogen-bond acceptors (Lipinski definition) is 4. The van der Waals surface area contributed by atoms with Crippen LogP contribution in [0.15, 0.2) is 90.0 Å². The Bertz CT molecular complexity index is 1190. The number of nitrogens with zero attached hydrogens (tertiary/aromatic N) is 4. The quantitative estimate of drug-likeness (QED) is 0.109. The average molecular weight is 456 g/mol. The molecule has 1 unspecified atom stereocenters. The summed E-state index contributed by atoms with van der Waals surface area (Å²) in [5, 5.41) is 6.58. The molecule has 34 heavy (non-hydrogen) atoms. The molecular formula is C26H25N5O3. The zero-order chi connectivity index (χ0) is 24.3. The molecule has 0 radical (unpaired) electrons. The number of unbranched alkanes of at least 4 members (excludes halogenated alkanes) is 1. The minimum Gasteiger partial charge on any atom is -0.354 e. The minimum atomic E-state index is -1.24. The number of carbonyl (C=O) groups is 3. The molecule has 3 aromatic carbocycles. The Morgan fingerprint density at radius 1 is 0.941 bits per heavy atom. The first-order valence-electron chi connectivity index (χ1n) is 11.0. The van der Waals surface area contributed by atoms with Crippen LogP contribution in [0.1, 0.15) is 41.7 Å². The third-order valence-corrected chi connectivity index (χ3v) is 5.20. The van der Waals surface area contributed by atoms with E-state index in [4.69, 9.17) is 5.53 Å². The van der Waals surface area contributed by atoms with E-state index in [1.807, 2.05) is 6.92 Å². The maximum atomic E-state index is 13.7. The molecule has 0 saturated heterocycles. The van der Waals surface area contributed by atoms with E-state index >= 15 is 0 Å². The van der Waals surface area contributed by atoms with Crippen molar-refractivity contribution in [3.05, 3.63) is 106 Å². The van der Waals surface area contributed by atoms with E-state index in [2.05, 4.69) is 15.3 Å². The number of amides is 2. The number of benzene rings is 3. The fourth-order valence-corrected chi connectivity index (χ4v) is 3.54. The Kier molecular flexibility index (Phi) is 8.54. The van der Waals surface area contributed by atoms with Crippen LogP contribution in [0.2, 0.25) is 0 Å². The number of para-hydroxylation sites is 1. The highest BCUT2D eigenvalue weighted by molar-refractivity contribution is 6.47. The number of Topliss-reactive ketones (excluding diaryl/α,β-unsaturated/α-hetero) is 1. The Morgan fingerprint density at radius 3 is 2.21 bits per heavy atom. The highest BCUT2D eigenvalue weighted by Crippen LogP contribution is 2.34.